The van der Waals surface area contributed by atoms with Crippen LogP contribution in [-0.4, -0.2) is 40.8 Å². The summed E-state index contributed by atoms with van der Waals surface area (Å²) >= 11 is 0. The molecule has 4 rings (SSSR count). The van der Waals surface area contributed by atoms with Crippen molar-refractivity contribution < 1.29 is 19.2 Å². The molecule has 1 aliphatic rings. The number of ketones is 1. The summed E-state index contributed by atoms with van der Waals surface area (Å²) in [5.41, 5.74) is 2.45. The van der Waals surface area contributed by atoms with Crippen molar-refractivity contribution in [3.05, 3.63) is 117 Å². The Morgan fingerprint density at radius 2 is 1.63 bits per heavy atom. The van der Waals surface area contributed by atoms with Gasteiger partial charge in [0.05, 0.1) is 11.0 Å². The minimum Gasteiger partial charge on any atom is -0.457 e. The van der Waals surface area contributed by atoms with Gasteiger partial charge in [-0.05, 0) is 36.1 Å². The van der Waals surface area contributed by atoms with E-state index >= 15 is 0 Å². The number of non-ortho nitro benzene ring substituents is 1. The smallest absolute Gasteiger partial charge is 0.342 e. The highest BCUT2D eigenvalue weighted by Gasteiger charge is 2.33. The molecule has 0 aliphatic carbocycles. The monoisotopic (exact) mass is 470 g/mol. The second-order valence-corrected chi connectivity index (χ2v) is 8.50. The van der Waals surface area contributed by atoms with Crippen molar-refractivity contribution in [2.45, 2.75) is 25.5 Å². The minimum atomic E-state index is -0.716. The van der Waals surface area contributed by atoms with Crippen LogP contribution in [0.2, 0.25) is 0 Å². The van der Waals surface area contributed by atoms with Crippen molar-refractivity contribution >= 4 is 23.5 Å². The number of likely N-dealkylation sites (tertiary alicyclic amines) is 1. The van der Waals surface area contributed by atoms with Crippen LogP contribution in [0.4, 0.5) is 5.69 Å². The van der Waals surface area contributed by atoms with Crippen LogP contribution >= 0.6 is 0 Å². The van der Waals surface area contributed by atoms with Crippen LogP contribution in [0, 0.1) is 10.1 Å². The maximum Gasteiger partial charge on any atom is 0.342 e. The molecule has 0 radical (unpaired) electrons. The van der Waals surface area contributed by atoms with Crippen molar-refractivity contribution in [3.8, 4) is 0 Å². The lowest BCUT2D eigenvalue weighted by Gasteiger charge is -2.28. The van der Waals surface area contributed by atoms with Gasteiger partial charge in [-0.2, -0.15) is 0 Å². The zero-order valence-corrected chi connectivity index (χ0v) is 19.4. The van der Waals surface area contributed by atoms with Crippen LogP contribution in [0.1, 0.15) is 36.1 Å². The number of nitro groups is 1. The third-order valence-electron chi connectivity index (χ3n) is 6.04. The Morgan fingerprint density at radius 3 is 2.20 bits per heavy atom. The molecule has 0 saturated carbocycles. The molecule has 7 nitrogen and oxygen atoms in total. The zero-order chi connectivity index (χ0) is 24.8. The second kappa shape index (κ2) is 10.9. The van der Waals surface area contributed by atoms with Crippen LogP contribution < -0.4 is 0 Å². The summed E-state index contributed by atoms with van der Waals surface area (Å²) in [5, 5.41) is 11.0. The lowest BCUT2D eigenvalue weighted by atomic mass is 9.97. The SMILES string of the molecule is CC(=O)/C(=C\c1cccc([N+](=O)[O-])c1)C(=O)OC1CCN(C(c2ccccc2)c2ccccc2)C1. The summed E-state index contributed by atoms with van der Waals surface area (Å²) in [6, 6.07) is 26.2. The Hall–Kier alpha value is -4.10. The van der Waals surface area contributed by atoms with Gasteiger partial charge < -0.3 is 4.74 Å². The van der Waals surface area contributed by atoms with Crippen molar-refractivity contribution in [1.29, 1.82) is 0 Å². The Kier molecular flexibility index (Phi) is 7.48. The predicted molar refractivity (Wildman–Crippen MR) is 133 cm³/mol. The van der Waals surface area contributed by atoms with Crippen LogP contribution in [-0.2, 0) is 14.3 Å². The van der Waals surface area contributed by atoms with Crippen molar-refractivity contribution in [1.82, 2.24) is 4.90 Å². The molecule has 1 saturated heterocycles. The van der Waals surface area contributed by atoms with E-state index in [9.17, 15) is 19.7 Å². The number of hydrogen-bond acceptors (Lipinski definition) is 6. The second-order valence-electron chi connectivity index (χ2n) is 8.50. The minimum absolute atomic E-state index is 0.0220. The van der Waals surface area contributed by atoms with Crippen molar-refractivity contribution in [2.24, 2.45) is 0 Å². The molecular formula is C28H26N2O5. The Balaban J connectivity index is 1.51. The normalized spacial score (nSPS) is 16.3. The lowest BCUT2D eigenvalue weighted by molar-refractivity contribution is -0.384. The van der Waals surface area contributed by atoms with Gasteiger partial charge >= 0.3 is 5.97 Å². The largest absolute Gasteiger partial charge is 0.457 e. The molecular weight excluding hydrogens is 444 g/mol. The highest BCUT2D eigenvalue weighted by molar-refractivity contribution is 6.19. The van der Waals surface area contributed by atoms with Crippen LogP contribution in [0.25, 0.3) is 6.08 Å². The number of benzene rings is 3. The number of Topliss-reactive ketones (excluding diaryl/α,β-unsaturated/α-hetero) is 1. The van der Waals surface area contributed by atoms with E-state index in [2.05, 4.69) is 29.2 Å². The molecule has 0 bridgehead atoms. The van der Waals surface area contributed by atoms with Crippen molar-refractivity contribution in [2.75, 3.05) is 13.1 Å². The molecule has 0 N–H and O–H groups in total. The highest BCUT2D eigenvalue weighted by atomic mass is 16.6. The number of nitro benzene ring substituents is 1. The number of carbonyl (C=O) groups is 2. The summed E-state index contributed by atoms with van der Waals surface area (Å²) in [6.07, 6.45) is 1.62. The molecule has 7 heteroatoms. The molecule has 1 fully saturated rings. The van der Waals surface area contributed by atoms with Crippen LogP contribution in [0.3, 0.4) is 0 Å². The summed E-state index contributed by atoms with van der Waals surface area (Å²) in [5.74, 6) is -1.17. The average Bonchev–Trinajstić information content (AvgIpc) is 3.31. The maximum absolute atomic E-state index is 12.9. The third kappa shape index (κ3) is 5.88. The maximum atomic E-state index is 12.9. The van der Waals surface area contributed by atoms with Gasteiger partial charge in [0.1, 0.15) is 11.7 Å². The van der Waals surface area contributed by atoms with E-state index in [0.717, 1.165) is 17.7 Å². The first kappa shape index (κ1) is 24.0. The van der Waals surface area contributed by atoms with Gasteiger partial charge in [-0.3, -0.25) is 19.8 Å². The molecule has 0 spiro atoms. The highest BCUT2D eigenvalue weighted by Crippen LogP contribution is 2.32. The zero-order valence-electron chi connectivity index (χ0n) is 19.4. The van der Waals surface area contributed by atoms with E-state index in [4.69, 9.17) is 4.74 Å². The fraction of sp³-hybridized carbons (Fsp3) is 0.214. The van der Waals surface area contributed by atoms with Gasteiger partial charge in [0, 0.05) is 25.2 Å². The number of esters is 1. The average molecular weight is 471 g/mol. The molecule has 1 heterocycles. The summed E-state index contributed by atoms with van der Waals surface area (Å²) < 4.78 is 5.73. The van der Waals surface area contributed by atoms with E-state index in [0.29, 0.717) is 18.5 Å². The van der Waals surface area contributed by atoms with E-state index in [-0.39, 0.29) is 23.4 Å². The molecule has 3 aromatic rings. The number of rotatable bonds is 8. The van der Waals surface area contributed by atoms with Gasteiger partial charge in [-0.1, -0.05) is 72.8 Å². The molecule has 0 amide bonds. The molecule has 1 aliphatic heterocycles. The van der Waals surface area contributed by atoms with E-state index in [1.54, 1.807) is 6.07 Å². The van der Waals surface area contributed by atoms with Crippen LogP contribution in [0.5, 0.6) is 0 Å². The van der Waals surface area contributed by atoms with Gasteiger partial charge in [0.25, 0.3) is 5.69 Å². The molecule has 3 aromatic carbocycles. The third-order valence-corrected chi connectivity index (χ3v) is 6.04. The first-order chi connectivity index (χ1) is 16.9. The number of ether oxygens (including phenoxy) is 1. The summed E-state index contributed by atoms with van der Waals surface area (Å²) in [7, 11) is 0. The van der Waals surface area contributed by atoms with Gasteiger partial charge in [-0.25, -0.2) is 4.79 Å². The van der Waals surface area contributed by atoms with E-state index < -0.39 is 16.7 Å². The quantitative estimate of drug-likeness (QED) is 0.115. The lowest BCUT2D eigenvalue weighted by Crippen LogP contribution is -2.30. The number of hydrogen-bond donors (Lipinski definition) is 0. The Bertz CT molecular complexity index is 1200. The topological polar surface area (TPSA) is 89.8 Å². The van der Waals surface area contributed by atoms with E-state index in [1.165, 1.54) is 31.2 Å². The predicted octanol–water partition coefficient (Wildman–Crippen LogP) is 4.97. The van der Waals surface area contributed by atoms with Crippen LogP contribution in [0.15, 0.2) is 90.5 Å². The Labute approximate surface area is 203 Å². The molecule has 0 aromatic heterocycles. The standard InChI is InChI=1S/C28H26N2O5/c1-20(31)26(18-21-9-8-14-24(17-21)30(33)34)28(32)35-25-15-16-29(19-25)27(22-10-4-2-5-11-22)23-12-6-3-7-13-23/h2-14,17-18,25,27H,15-16,19H2,1H3/b26-18+. The van der Waals surface area contributed by atoms with E-state index in [1.807, 2.05) is 36.4 Å². The number of nitrogens with zero attached hydrogens (tertiary/aromatic N) is 2. The molecule has 35 heavy (non-hydrogen) atoms. The van der Waals surface area contributed by atoms with Crippen molar-refractivity contribution in [3.63, 3.8) is 0 Å². The summed E-state index contributed by atoms with van der Waals surface area (Å²) in [6.45, 7) is 2.55. The molecule has 1 atom stereocenters. The summed E-state index contributed by atoms with van der Waals surface area (Å²) in [4.78, 5) is 37.9. The number of carbonyl (C=O) groups excluding carboxylic acids is 2. The first-order valence-corrected chi connectivity index (χ1v) is 11.4. The van der Waals surface area contributed by atoms with Gasteiger partial charge in [-0.15, -0.1) is 0 Å². The Morgan fingerprint density at radius 1 is 1.00 bits per heavy atom. The fourth-order valence-electron chi connectivity index (χ4n) is 4.38. The molecule has 1 unspecified atom stereocenters. The first-order valence-electron chi connectivity index (χ1n) is 11.4. The molecule has 178 valence electrons. The van der Waals surface area contributed by atoms with Gasteiger partial charge in [0.15, 0.2) is 5.78 Å². The van der Waals surface area contributed by atoms with Gasteiger partial charge in [0.2, 0.25) is 0 Å². The fourth-order valence-corrected chi connectivity index (χ4v) is 4.38.